The Hall–Kier alpha value is 0.310. The molecule has 18 heavy (non-hydrogen) atoms. The highest BCUT2D eigenvalue weighted by atomic mass is 32.1. The van der Waals surface area contributed by atoms with Gasteiger partial charge in [0, 0.05) is 5.75 Å². The van der Waals surface area contributed by atoms with E-state index in [0.29, 0.717) is 0 Å². The summed E-state index contributed by atoms with van der Waals surface area (Å²) in [6.07, 6.45) is 14.3. The first-order chi connectivity index (χ1) is 8.62. The summed E-state index contributed by atoms with van der Waals surface area (Å²) in [6.45, 7) is 4.80. The summed E-state index contributed by atoms with van der Waals surface area (Å²) >= 11 is 4.32. The van der Waals surface area contributed by atoms with Crippen molar-refractivity contribution in [2.45, 2.75) is 71.1 Å². The molecule has 0 aliphatic heterocycles. The van der Waals surface area contributed by atoms with Crippen molar-refractivity contribution < 1.29 is 4.48 Å². The first kappa shape index (κ1) is 18.3. The summed E-state index contributed by atoms with van der Waals surface area (Å²) in [7, 11) is 4.65. The zero-order chi connectivity index (χ0) is 13.7. The van der Waals surface area contributed by atoms with E-state index < -0.39 is 0 Å². The fourth-order valence-corrected chi connectivity index (χ4v) is 2.95. The molecule has 0 fully saturated rings. The van der Waals surface area contributed by atoms with Gasteiger partial charge in [-0.2, -0.15) is 12.6 Å². The van der Waals surface area contributed by atoms with E-state index in [1.54, 1.807) is 0 Å². The Labute approximate surface area is 121 Å². The van der Waals surface area contributed by atoms with Gasteiger partial charge >= 0.3 is 0 Å². The Morgan fingerprint density at radius 3 is 1.56 bits per heavy atom. The van der Waals surface area contributed by atoms with Crippen LogP contribution in [0.4, 0.5) is 0 Å². The number of unbranched alkanes of at least 4 members (excludes halogenated alkanes) is 9. The minimum Gasteiger partial charge on any atom is -0.328 e. The van der Waals surface area contributed by atoms with Gasteiger partial charge in [-0.3, -0.25) is 0 Å². The number of hydrogen-bond acceptors (Lipinski definition) is 1. The quantitative estimate of drug-likeness (QED) is 0.275. The van der Waals surface area contributed by atoms with Gasteiger partial charge in [-0.05, 0) is 12.8 Å². The molecule has 0 heterocycles. The van der Waals surface area contributed by atoms with Crippen LogP contribution in [0.3, 0.4) is 0 Å². The van der Waals surface area contributed by atoms with Crippen LogP contribution in [0.25, 0.3) is 0 Å². The summed E-state index contributed by atoms with van der Waals surface area (Å²) < 4.78 is 1.14. The predicted octanol–water partition coefficient (Wildman–Crippen LogP) is 4.91. The smallest absolute Gasteiger partial charge is 0.0871 e. The first-order valence-electron chi connectivity index (χ1n) is 8.05. The third-order valence-corrected chi connectivity index (χ3v) is 4.02. The van der Waals surface area contributed by atoms with Crippen LogP contribution in [0.15, 0.2) is 0 Å². The van der Waals surface area contributed by atoms with Gasteiger partial charge < -0.3 is 4.48 Å². The zero-order valence-corrected chi connectivity index (χ0v) is 14.0. The van der Waals surface area contributed by atoms with Crippen molar-refractivity contribution >= 4 is 12.6 Å². The maximum atomic E-state index is 4.32. The van der Waals surface area contributed by atoms with Crippen LogP contribution in [0, 0.1) is 0 Å². The highest BCUT2D eigenvalue weighted by Gasteiger charge is 2.12. The molecule has 0 N–H and O–H groups in total. The van der Waals surface area contributed by atoms with Crippen molar-refractivity contribution in [3.8, 4) is 0 Å². The van der Waals surface area contributed by atoms with Crippen LogP contribution < -0.4 is 0 Å². The molecule has 1 nitrogen and oxygen atoms in total. The highest BCUT2D eigenvalue weighted by Crippen LogP contribution is 2.11. The molecule has 2 heteroatoms. The number of quaternary nitrogens is 1. The van der Waals surface area contributed by atoms with Crippen molar-refractivity contribution in [2.75, 3.05) is 32.9 Å². The van der Waals surface area contributed by atoms with Gasteiger partial charge in [0.05, 0.1) is 27.2 Å². The molecule has 0 spiro atoms. The van der Waals surface area contributed by atoms with Crippen LogP contribution in [0.2, 0.25) is 0 Å². The lowest BCUT2D eigenvalue weighted by atomic mass is 10.1. The fourth-order valence-electron chi connectivity index (χ4n) is 2.41. The van der Waals surface area contributed by atoms with E-state index in [4.69, 9.17) is 0 Å². The molecule has 0 aromatic carbocycles. The van der Waals surface area contributed by atoms with E-state index >= 15 is 0 Å². The summed E-state index contributed by atoms with van der Waals surface area (Å²) in [6, 6.07) is 0. The van der Waals surface area contributed by atoms with Crippen LogP contribution in [-0.4, -0.2) is 37.4 Å². The lowest BCUT2D eigenvalue weighted by molar-refractivity contribution is -0.888. The molecule has 0 unspecified atom stereocenters. The minimum atomic E-state index is 1.00. The van der Waals surface area contributed by atoms with E-state index in [1.807, 2.05) is 0 Å². The van der Waals surface area contributed by atoms with E-state index in [-0.39, 0.29) is 0 Å². The molecule has 0 atom stereocenters. The third-order valence-electron chi connectivity index (χ3n) is 3.82. The van der Waals surface area contributed by atoms with Crippen molar-refractivity contribution in [3.63, 3.8) is 0 Å². The topological polar surface area (TPSA) is 0 Å². The molecule has 0 amide bonds. The van der Waals surface area contributed by atoms with Gasteiger partial charge in [-0.25, -0.2) is 0 Å². The van der Waals surface area contributed by atoms with Crippen molar-refractivity contribution in [1.82, 2.24) is 0 Å². The second kappa shape index (κ2) is 12.3. The number of nitrogens with zero attached hydrogens (tertiary/aromatic N) is 1. The SMILES string of the molecule is CCCCCCCCCCCC[N+](C)(C)CCS. The molecule has 0 saturated carbocycles. The maximum Gasteiger partial charge on any atom is 0.0871 e. The minimum absolute atomic E-state index is 1.00. The van der Waals surface area contributed by atoms with Crippen LogP contribution in [-0.2, 0) is 0 Å². The standard InChI is InChI=1S/C16H35NS/c1-4-5-6-7-8-9-10-11-12-13-14-17(2,3)15-16-18/h4-16H2,1-3H3/p+1. The Bertz CT molecular complexity index is 168. The Kier molecular flexibility index (Phi) is 12.6. The van der Waals surface area contributed by atoms with Gasteiger partial charge in [0.25, 0.3) is 0 Å². The molecule has 0 bridgehead atoms. The lowest BCUT2D eigenvalue weighted by Crippen LogP contribution is -2.41. The molecule has 0 saturated heterocycles. The van der Waals surface area contributed by atoms with Gasteiger partial charge in [0.15, 0.2) is 0 Å². The average molecular weight is 275 g/mol. The summed E-state index contributed by atoms with van der Waals surface area (Å²) in [4.78, 5) is 0. The molecule has 0 aliphatic carbocycles. The Balaban J connectivity index is 3.16. The van der Waals surface area contributed by atoms with Gasteiger partial charge in [0.1, 0.15) is 0 Å². The Morgan fingerprint density at radius 2 is 1.11 bits per heavy atom. The van der Waals surface area contributed by atoms with Crippen molar-refractivity contribution in [2.24, 2.45) is 0 Å². The van der Waals surface area contributed by atoms with Crippen molar-refractivity contribution in [1.29, 1.82) is 0 Å². The molecule has 0 aromatic heterocycles. The lowest BCUT2D eigenvalue weighted by Gasteiger charge is -2.29. The second-order valence-corrected chi connectivity index (χ2v) is 6.74. The predicted molar refractivity (Wildman–Crippen MR) is 87.5 cm³/mol. The molecular formula is C16H36NS+. The van der Waals surface area contributed by atoms with Gasteiger partial charge in [-0.15, -0.1) is 0 Å². The van der Waals surface area contributed by atoms with Crippen molar-refractivity contribution in [3.05, 3.63) is 0 Å². The van der Waals surface area contributed by atoms with Gasteiger partial charge in [-0.1, -0.05) is 58.3 Å². The van der Waals surface area contributed by atoms with E-state index in [2.05, 4.69) is 33.6 Å². The van der Waals surface area contributed by atoms with Crippen LogP contribution in [0.5, 0.6) is 0 Å². The maximum absolute atomic E-state index is 4.32. The summed E-state index contributed by atoms with van der Waals surface area (Å²) in [5, 5.41) is 0. The van der Waals surface area contributed by atoms with Crippen LogP contribution >= 0.6 is 12.6 Å². The molecular weight excluding hydrogens is 238 g/mol. The molecule has 0 aromatic rings. The molecule has 0 rings (SSSR count). The number of hydrogen-bond donors (Lipinski definition) is 1. The normalized spacial score (nSPS) is 12.0. The van der Waals surface area contributed by atoms with Gasteiger partial charge in [0.2, 0.25) is 0 Å². The molecule has 0 aliphatic rings. The fraction of sp³-hybridized carbons (Fsp3) is 1.00. The Morgan fingerprint density at radius 1 is 0.667 bits per heavy atom. The summed E-state index contributed by atoms with van der Waals surface area (Å²) in [5.74, 6) is 1.00. The molecule has 110 valence electrons. The first-order valence-corrected chi connectivity index (χ1v) is 8.68. The second-order valence-electron chi connectivity index (χ2n) is 6.29. The van der Waals surface area contributed by atoms with Crippen LogP contribution in [0.1, 0.15) is 71.1 Å². The van der Waals surface area contributed by atoms with E-state index in [0.717, 1.165) is 10.2 Å². The monoisotopic (exact) mass is 274 g/mol. The highest BCUT2D eigenvalue weighted by molar-refractivity contribution is 7.80. The number of thiol groups is 1. The number of rotatable bonds is 13. The zero-order valence-electron chi connectivity index (χ0n) is 13.1. The molecule has 0 radical (unpaired) electrons. The largest absolute Gasteiger partial charge is 0.328 e. The average Bonchev–Trinajstić information content (AvgIpc) is 2.31. The third kappa shape index (κ3) is 12.8. The summed E-state index contributed by atoms with van der Waals surface area (Å²) in [5.41, 5.74) is 0. The van der Waals surface area contributed by atoms with E-state index in [1.165, 1.54) is 77.3 Å². The van der Waals surface area contributed by atoms with E-state index in [9.17, 15) is 0 Å².